The van der Waals surface area contributed by atoms with Crippen molar-refractivity contribution in [2.45, 2.75) is 135 Å². The molecule has 0 aromatic rings. The van der Waals surface area contributed by atoms with Gasteiger partial charge in [-0.3, -0.25) is 19.2 Å². The van der Waals surface area contributed by atoms with Gasteiger partial charge in [0.05, 0.1) is 0 Å². The third-order valence-corrected chi connectivity index (χ3v) is 6.61. The Bertz CT molecular complexity index is 647. The molecule has 10 nitrogen and oxygen atoms in total. The van der Waals surface area contributed by atoms with Crippen LogP contribution in [-0.4, -0.2) is 55.3 Å². The van der Waals surface area contributed by atoms with E-state index in [2.05, 4.69) is 22.9 Å². The molecule has 0 bridgehead atoms. The molecule has 38 heavy (non-hydrogen) atoms. The molecule has 10 heteroatoms. The molecule has 0 saturated carbocycles. The second-order valence-corrected chi connectivity index (χ2v) is 10.2. The fourth-order valence-electron chi connectivity index (χ4n) is 4.24. The van der Waals surface area contributed by atoms with E-state index in [9.17, 15) is 19.2 Å². The normalized spacial score (nSPS) is 12.5. The molecular formula is C28H56N6O4. The zero-order valence-corrected chi connectivity index (χ0v) is 23.9. The van der Waals surface area contributed by atoms with Crippen molar-refractivity contribution in [3.05, 3.63) is 0 Å². The van der Waals surface area contributed by atoms with Crippen molar-refractivity contribution in [1.29, 1.82) is 0 Å². The molecule has 4 amide bonds. The quantitative estimate of drug-likeness (QED) is 0.0916. The first-order valence-corrected chi connectivity index (χ1v) is 14.9. The van der Waals surface area contributed by atoms with Gasteiger partial charge in [-0.2, -0.15) is 0 Å². The van der Waals surface area contributed by atoms with Crippen molar-refractivity contribution in [2.75, 3.05) is 19.6 Å². The number of carbonyl (C=O) groups excluding carboxylic acids is 4. The number of amides is 4. The molecular weight excluding hydrogens is 484 g/mol. The van der Waals surface area contributed by atoms with E-state index in [0.29, 0.717) is 45.3 Å². The zero-order valence-electron chi connectivity index (χ0n) is 23.9. The molecule has 0 aliphatic carbocycles. The highest BCUT2D eigenvalue weighted by molar-refractivity contribution is 5.87. The Morgan fingerprint density at radius 2 is 1.08 bits per heavy atom. The van der Waals surface area contributed by atoms with Gasteiger partial charge >= 0.3 is 0 Å². The Morgan fingerprint density at radius 1 is 0.605 bits per heavy atom. The van der Waals surface area contributed by atoms with Crippen molar-refractivity contribution in [3.63, 3.8) is 0 Å². The van der Waals surface area contributed by atoms with E-state index >= 15 is 0 Å². The second-order valence-electron chi connectivity index (χ2n) is 10.2. The lowest BCUT2D eigenvalue weighted by molar-refractivity contribution is -0.129. The first-order chi connectivity index (χ1) is 18.3. The van der Waals surface area contributed by atoms with Crippen LogP contribution in [0.3, 0.4) is 0 Å². The zero-order chi connectivity index (χ0) is 28.4. The molecule has 0 aromatic carbocycles. The number of hydrogen-bond donors (Lipinski definition) is 6. The Labute approximate surface area is 230 Å². The van der Waals surface area contributed by atoms with E-state index in [-0.39, 0.29) is 17.7 Å². The Balaban J connectivity index is 4.13. The molecule has 0 aromatic heterocycles. The first kappa shape index (κ1) is 35.8. The number of carbonyl (C=O) groups is 4. The lowest BCUT2D eigenvalue weighted by atomic mass is 10.1. The SMILES string of the molecule is CCCCCCCC(=O)NC(CCCCN)C(=O)NCCCCCCCC(=O)NC(CCCCN)C(N)=O. The standard InChI is InChI=1S/C28H56N6O4/c1-2-3-4-6-9-19-26(36)34-24(17-12-14-21-30)28(38)32-22-15-8-5-7-10-18-25(35)33-23(27(31)37)16-11-13-20-29/h23-24H,2-22,29-30H2,1H3,(H2,31,37)(H,32,38)(H,33,35)(H,34,36). The van der Waals surface area contributed by atoms with Gasteiger partial charge < -0.3 is 33.2 Å². The van der Waals surface area contributed by atoms with E-state index in [1.165, 1.54) is 12.8 Å². The van der Waals surface area contributed by atoms with Crippen LogP contribution in [0.5, 0.6) is 0 Å². The summed E-state index contributed by atoms with van der Waals surface area (Å²) in [4.78, 5) is 48.6. The second kappa shape index (κ2) is 25.1. The van der Waals surface area contributed by atoms with Crippen molar-refractivity contribution < 1.29 is 19.2 Å². The predicted molar refractivity (Wildman–Crippen MR) is 153 cm³/mol. The highest BCUT2D eigenvalue weighted by atomic mass is 16.2. The van der Waals surface area contributed by atoms with Crippen LogP contribution < -0.4 is 33.2 Å². The molecule has 0 saturated heterocycles. The Hall–Kier alpha value is -2.20. The third-order valence-electron chi connectivity index (χ3n) is 6.61. The van der Waals surface area contributed by atoms with E-state index in [1.807, 2.05) is 0 Å². The van der Waals surface area contributed by atoms with Crippen molar-refractivity contribution in [3.8, 4) is 0 Å². The highest BCUT2D eigenvalue weighted by Gasteiger charge is 2.20. The summed E-state index contributed by atoms with van der Waals surface area (Å²) in [5.74, 6) is -0.858. The fourth-order valence-corrected chi connectivity index (χ4v) is 4.24. The number of hydrogen-bond acceptors (Lipinski definition) is 6. The number of unbranched alkanes of at least 4 members (excludes halogenated alkanes) is 10. The van der Waals surface area contributed by atoms with Crippen LogP contribution in [0.25, 0.3) is 0 Å². The van der Waals surface area contributed by atoms with E-state index < -0.39 is 18.0 Å². The molecule has 0 spiro atoms. The monoisotopic (exact) mass is 540 g/mol. The minimum atomic E-state index is -0.632. The van der Waals surface area contributed by atoms with Crippen molar-refractivity contribution in [2.24, 2.45) is 17.2 Å². The summed E-state index contributed by atoms with van der Waals surface area (Å²) in [5, 5.41) is 8.60. The minimum Gasteiger partial charge on any atom is -0.368 e. The van der Waals surface area contributed by atoms with Gasteiger partial charge in [-0.05, 0) is 70.9 Å². The van der Waals surface area contributed by atoms with Crippen LogP contribution in [0.2, 0.25) is 0 Å². The molecule has 0 rings (SSSR count). The van der Waals surface area contributed by atoms with E-state index in [1.54, 1.807) is 0 Å². The van der Waals surface area contributed by atoms with Gasteiger partial charge in [0.2, 0.25) is 23.6 Å². The lowest BCUT2D eigenvalue weighted by Crippen LogP contribution is -2.47. The smallest absolute Gasteiger partial charge is 0.242 e. The molecule has 2 unspecified atom stereocenters. The van der Waals surface area contributed by atoms with Gasteiger partial charge in [0.25, 0.3) is 0 Å². The van der Waals surface area contributed by atoms with E-state index in [0.717, 1.165) is 77.0 Å². The molecule has 2 atom stereocenters. The number of rotatable bonds is 26. The average Bonchev–Trinajstić information content (AvgIpc) is 2.88. The topological polar surface area (TPSA) is 182 Å². The average molecular weight is 541 g/mol. The summed E-state index contributed by atoms with van der Waals surface area (Å²) in [7, 11) is 0. The van der Waals surface area contributed by atoms with Crippen LogP contribution in [0.4, 0.5) is 0 Å². The van der Waals surface area contributed by atoms with Gasteiger partial charge in [-0.1, -0.05) is 51.9 Å². The summed E-state index contributed by atoms with van der Waals surface area (Å²) >= 11 is 0. The highest BCUT2D eigenvalue weighted by Crippen LogP contribution is 2.08. The van der Waals surface area contributed by atoms with Crippen molar-refractivity contribution >= 4 is 23.6 Å². The molecule has 0 aliphatic heterocycles. The van der Waals surface area contributed by atoms with Crippen LogP contribution in [0, 0.1) is 0 Å². The van der Waals surface area contributed by atoms with Gasteiger partial charge in [-0.15, -0.1) is 0 Å². The summed E-state index contributed by atoms with van der Waals surface area (Å²) in [6, 6.07) is -1.14. The van der Waals surface area contributed by atoms with Gasteiger partial charge in [0, 0.05) is 19.4 Å². The summed E-state index contributed by atoms with van der Waals surface area (Å²) in [6.45, 7) is 3.84. The maximum Gasteiger partial charge on any atom is 0.242 e. The lowest BCUT2D eigenvalue weighted by Gasteiger charge is -2.18. The molecule has 0 radical (unpaired) electrons. The fraction of sp³-hybridized carbons (Fsp3) is 0.857. The van der Waals surface area contributed by atoms with Crippen LogP contribution in [0.1, 0.15) is 122 Å². The number of primary amides is 1. The number of nitrogens with one attached hydrogen (secondary N) is 3. The van der Waals surface area contributed by atoms with Gasteiger partial charge in [0.1, 0.15) is 12.1 Å². The predicted octanol–water partition coefficient (Wildman–Crippen LogP) is 2.52. The van der Waals surface area contributed by atoms with Crippen LogP contribution in [-0.2, 0) is 19.2 Å². The summed E-state index contributed by atoms with van der Waals surface area (Å²) in [6.07, 6.45) is 14.8. The minimum absolute atomic E-state index is 0.0591. The maximum atomic E-state index is 12.7. The first-order valence-electron chi connectivity index (χ1n) is 14.9. The van der Waals surface area contributed by atoms with Gasteiger partial charge in [0.15, 0.2) is 0 Å². The van der Waals surface area contributed by atoms with Crippen molar-refractivity contribution in [1.82, 2.24) is 16.0 Å². The maximum absolute atomic E-state index is 12.7. The van der Waals surface area contributed by atoms with Crippen LogP contribution in [0.15, 0.2) is 0 Å². The van der Waals surface area contributed by atoms with Crippen LogP contribution >= 0.6 is 0 Å². The molecule has 0 aliphatic rings. The molecule has 0 heterocycles. The Kier molecular flexibility index (Phi) is 23.6. The largest absolute Gasteiger partial charge is 0.368 e. The molecule has 222 valence electrons. The molecule has 9 N–H and O–H groups in total. The third kappa shape index (κ3) is 20.8. The number of nitrogens with two attached hydrogens (primary N) is 3. The Morgan fingerprint density at radius 3 is 1.61 bits per heavy atom. The van der Waals surface area contributed by atoms with E-state index in [4.69, 9.17) is 17.2 Å². The van der Waals surface area contributed by atoms with Gasteiger partial charge in [-0.25, -0.2) is 0 Å². The summed E-state index contributed by atoms with van der Waals surface area (Å²) in [5.41, 5.74) is 16.4. The summed E-state index contributed by atoms with van der Waals surface area (Å²) < 4.78 is 0. The molecule has 0 fully saturated rings.